The first-order valence-corrected chi connectivity index (χ1v) is 19.8. The molecule has 6 rings (SSSR count). The van der Waals surface area contributed by atoms with E-state index in [1.54, 1.807) is 42.3 Å². The maximum Gasteiger partial charge on any atom is 0.412 e. The minimum absolute atomic E-state index is 0.0152. The number of rotatable bonds is 16. The summed E-state index contributed by atoms with van der Waals surface area (Å²) in [5.74, 6) is -0.405. The molecule has 56 heavy (non-hydrogen) atoms. The van der Waals surface area contributed by atoms with Gasteiger partial charge in [0, 0.05) is 50.3 Å². The number of oxime groups is 1. The first-order chi connectivity index (χ1) is 26.9. The van der Waals surface area contributed by atoms with E-state index in [0.717, 1.165) is 36.8 Å². The van der Waals surface area contributed by atoms with Gasteiger partial charge in [-0.2, -0.15) is 0 Å². The van der Waals surface area contributed by atoms with Crippen molar-refractivity contribution in [3.05, 3.63) is 71.8 Å². The molecule has 1 fully saturated rings. The number of hydrogen-bond donors (Lipinski definition) is 3. The van der Waals surface area contributed by atoms with Gasteiger partial charge in [-0.3, -0.25) is 4.79 Å². The summed E-state index contributed by atoms with van der Waals surface area (Å²) in [6.45, 7) is 12.4. The van der Waals surface area contributed by atoms with Gasteiger partial charge in [0.2, 0.25) is 12.6 Å². The van der Waals surface area contributed by atoms with E-state index in [2.05, 4.69) is 18.0 Å². The van der Waals surface area contributed by atoms with Crippen molar-refractivity contribution in [3.63, 3.8) is 0 Å². The maximum absolute atomic E-state index is 14.6. The number of fused-ring (bicyclic) bond motifs is 3. The van der Waals surface area contributed by atoms with Gasteiger partial charge in [-0.1, -0.05) is 30.1 Å². The van der Waals surface area contributed by atoms with E-state index in [1.165, 1.54) is 0 Å². The number of likely N-dealkylation sites (N-methyl/N-ethyl adjacent to an activating group) is 1. The number of carbonyl (C=O) groups is 2. The van der Waals surface area contributed by atoms with Crippen LogP contribution in [0.3, 0.4) is 0 Å². The lowest BCUT2D eigenvalue weighted by molar-refractivity contribution is -0.252. The zero-order chi connectivity index (χ0) is 40.0. The van der Waals surface area contributed by atoms with Crippen LogP contribution in [0.25, 0.3) is 0 Å². The van der Waals surface area contributed by atoms with Crippen LogP contribution in [0, 0.1) is 17.8 Å². The van der Waals surface area contributed by atoms with Gasteiger partial charge in [-0.15, -0.1) is 6.58 Å². The summed E-state index contributed by atoms with van der Waals surface area (Å²) in [5, 5.41) is 27.2. The molecule has 6 atom stereocenters. The van der Waals surface area contributed by atoms with Gasteiger partial charge in [0.1, 0.15) is 23.1 Å². The first-order valence-electron chi connectivity index (χ1n) is 19.8. The molecule has 13 heteroatoms. The van der Waals surface area contributed by atoms with E-state index in [0.29, 0.717) is 53.7 Å². The van der Waals surface area contributed by atoms with Gasteiger partial charge in [0.05, 0.1) is 18.2 Å². The van der Waals surface area contributed by atoms with Crippen LogP contribution in [0.4, 0.5) is 4.79 Å². The van der Waals surface area contributed by atoms with Crippen molar-refractivity contribution in [1.82, 2.24) is 10.2 Å². The number of ether oxygens (including phenoxy) is 5. The highest BCUT2D eigenvalue weighted by atomic mass is 16.7. The summed E-state index contributed by atoms with van der Waals surface area (Å²) in [6.07, 6.45) is 8.12. The average molecular weight is 776 g/mol. The molecule has 6 unspecified atom stereocenters. The normalized spacial score (nSPS) is 25.3. The molecule has 13 nitrogen and oxygen atoms in total. The van der Waals surface area contributed by atoms with Gasteiger partial charge in [0.15, 0.2) is 11.5 Å². The molecule has 0 radical (unpaired) electrons. The Hall–Kier alpha value is -4.59. The Morgan fingerprint density at radius 1 is 1.04 bits per heavy atom. The molecule has 0 saturated heterocycles. The lowest BCUT2D eigenvalue weighted by Gasteiger charge is -2.59. The van der Waals surface area contributed by atoms with E-state index in [9.17, 15) is 19.8 Å². The molecule has 2 aliphatic carbocycles. The Labute approximate surface area is 329 Å². The molecule has 0 spiro atoms. The summed E-state index contributed by atoms with van der Waals surface area (Å²) < 4.78 is 31.0. The van der Waals surface area contributed by atoms with Crippen molar-refractivity contribution >= 4 is 17.7 Å². The quantitative estimate of drug-likeness (QED) is 0.0950. The highest BCUT2D eigenvalue weighted by molar-refractivity contribution is 6.03. The number of carbonyl (C=O) groups excluding carboxylic acids is 2. The molecule has 2 aromatic carbocycles. The minimum Gasteiger partial charge on any atom is -0.459 e. The Bertz CT molecular complexity index is 1800. The monoisotopic (exact) mass is 775 g/mol. The lowest BCUT2D eigenvalue weighted by atomic mass is 9.55. The molecule has 4 aliphatic rings. The van der Waals surface area contributed by atoms with Crippen molar-refractivity contribution in [1.29, 1.82) is 0 Å². The molecule has 1 saturated carbocycles. The highest BCUT2D eigenvalue weighted by Crippen LogP contribution is 2.62. The number of hydrogen-bond acceptors (Lipinski definition) is 11. The van der Waals surface area contributed by atoms with Crippen molar-refractivity contribution in [3.8, 4) is 23.0 Å². The molecule has 2 aliphatic heterocycles. The van der Waals surface area contributed by atoms with E-state index in [4.69, 9.17) is 33.7 Å². The Morgan fingerprint density at radius 3 is 2.48 bits per heavy atom. The maximum atomic E-state index is 14.6. The molecule has 0 aromatic heterocycles. The fourth-order valence-electron chi connectivity index (χ4n) is 8.65. The summed E-state index contributed by atoms with van der Waals surface area (Å²) in [6, 6.07) is 9.83. The molecule has 304 valence electrons. The third-order valence-corrected chi connectivity index (χ3v) is 11.0. The van der Waals surface area contributed by atoms with Crippen molar-refractivity contribution in [2.45, 2.75) is 96.0 Å². The van der Waals surface area contributed by atoms with Gasteiger partial charge in [-0.25, -0.2) is 4.79 Å². The van der Waals surface area contributed by atoms with Crippen LogP contribution in [0.1, 0.15) is 94.5 Å². The average Bonchev–Trinajstić information content (AvgIpc) is 3.65. The minimum atomic E-state index is -1.42. The van der Waals surface area contributed by atoms with Gasteiger partial charge in [0.25, 0.3) is 5.91 Å². The molecule has 2 heterocycles. The fraction of sp³-hybridized carbons (Fsp3) is 0.558. The van der Waals surface area contributed by atoms with Crippen LogP contribution < -0.4 is 24.3 Å². The topological polar surface area (TPSA) is 158 Å². The van der Waals surface area contributed by atoms with Crippen LogP contribution in [0.2, 0.25) is 0 Å². The number of benzene rings is 2. The third kappa shape index (κ3) is 8.54. The van der Waals surface area contributed by atoms with E-state index in [1.807, 2.05) is 39.8 Å². The molecular formula is C43H57N3O10. The fourth-order valence-corrected chi connectivity index (χ4v) is 8.65. The third-order valence-electron chi connectivity index (χ3n) is 11.0. The van der Waals surface area contributed by atoms with Crippen molar-refractivity contribution in [2.24, 2.45) is 22.9 Å². The number of aliphatic hydroxyl groups is 2. The SMILES string of the molecule is C=CCOC12Oc3ccc(OC(=O)NCC)cc3C3C(CCCCO)C(CCCCO)C=C(C(=NOC(C)(C)C)CC1N(C)C(=O)c1ccc4c(c1)OCO4)C32. The number of allylic oxidation sites excluding steroid dienone is 1. The summed E-state index contributed by atoms with van der Waals surface area (Å²) in [4.78, 5) is 35.1. The number of aliphatic hydroxyl groups excluding tert-OH is 2. The van der Waals surface area contributed by atoms with Gasteiger partial charge < -0.3 is 49.0 Å². The van der Waals surface area contributed by atoms with E-state index in [-0.39, 0.29) is 56.7 Å². The Morgan fingerprint density at radius 2 is 1.77 bits per heavy atom. The summed E-state index contributed by atoms with van der Waals surface area (Å²) in [7, 11) is 1.75. The number of unbranched alkanes of at least 4 members (excludes halogenated alkanes) is 2. The highest BCUT2D eigenvalue weighted by Gasteiger charge is 2.65. The first kappa shape index (κ1) is 41.1. The van der Waals surface area contributed by atoms with Crippen LogP contribution in [0.5, 0.6) is 23.0 Å². The zero-order valence-corrected chi connectivity index (χ0v) is 33.3. The number of nitrogens with zero attached hydrogens (tertiary/aromatic N) is 2. The smallest absolute Gasteiger partial charge is 0.412 e. The van der Waals surface area contributed by atoms with E-state index >= 15 is 0 Å². The summed E-state index contributed by atoms with van der Waals surface area (Å²) >= 11 is 0. The van der Waals surface area contributed by atoms with Crippen LogP contribution in [-0.4, -0.2) is 90.5 Å². The second-order valence-corrected chi connectivity index (χ2v) is 15.9. The second-order valence-electron chi connectivity index (χ2n) is 15.9. The van der Waals surface area contributed by atoms with Gasteiger partial charge in [-0.05, 0) is 107 Å². The number of amides is 2. The molecule has 3 N–H and O–H groups in total. The van der Waals surface area contributed by atoms with Crippen molar-refractivity contribution in [2.75, 3.05) is 40.2 Å². The molecule has 2 aromatic rings. The second kappa shape index (κ2) is 17.7. The van der Waals surface area contributed by atoms with E-state index < -0.39 is 29.4 Å². The van der Waals surface area contributed by atoms with Crippen LogP contribution >= 0.6 is 0 Å². The predicted octanol–water partition coefficient (Wildman–Crippen LogP) is 6.73. The molecule has 0 bridgehead atoms. The Balaban J connectivity index is 1.57. The van der Waals surface area contributed by atoms with Crippen LogP contribution in [0.15, 0.2) is 65.9 Å². The molecule has 2 amide bonds. The standard InChI is InChI=1S/C43H57N3O10/c1-7-21-53-43-37(46(6)40(49)28-15-17-35-36(23-28)52-26-51-35)25-33(45-56-42(3,4)5)31-22-27(13-9-11-19-47)30(14-10-12-20-48)38(39(31)43)32-24-29(16-18-34(32)55-43)54-41(50)44-8-2/h7,15-18,22-24,27,30,37-39,47-48H,1,8-14,19-21,25-26H2,2-6H3,(H,44,50). The molecular weight excluding hydrogens is 718 g/mol. The zero-order valence-electron chi connectivity index (χ0n) is 33.3. The Kier molecular flexibility index (Phi) is 13.0. The van der Waals surface area contributed by atoms with Crippen LogP contribution in [-0.2, 0) is 9.57 Å². The lowest BCUT2D eigenvalue weighted by Crippen LogP contribution is -2.69. The van der Waals surface area contributed by atoms with Gasteiger partial charge >= 0.3 is 6.09 Å². The predicted molar refractivity (Wildman–Crippen MR) is 210 cm³/mol. The largest absolute Gasteiger partial charge is 0.459 e. The number of nitrogens with one attached hydrogen (secondary N) is 1. The van der Waals surface area contributed by atoms with Crippen molar-refractivity contribution < 1.29 is 48.3 Å². The summed E-state index contributed by atoms with van der Waals surface area (Å²) in [5.41, 5.74) is 2.26.